The first-order chi connectivity index (χ1) is 28.1. The Balaban J connectivity index is 0.000000453. The Morgan fingerprint density at radius 2 is 0.918 bits per heavy atom. The van der Waals surface area contributed by atoms with Crippen LogP contribution >= 0.6 is 15.9 Å². The molecule has 2 aromatic heterocycles. The molecule has 1 aliphatic rings. The number of carbonyl (C=O) groups excluding carboxylic acids is 2. The average molecular weight is 889 g/mol. The van der Waals surface area contributed by atoms with Crippen LogP contribution in [0.1, 0.15) is 103 Å². The summed E-state index contributed by atoms with van der Waals surface area (Å²) >= 11 is 3.42. The number of halogens is 1. The topological polar surface area (TPSA) is 124 Å². The minimum atomic E-state index is 0. The number of hydrogen-bond donors (Lipinski definition) is 0. The van der Waals surface area contributed by atoms with E-state index in [-0.39, 0.29) is 37.1 Å². The maximum atomic E-state index is 10.7. The summed E-state index contributed by atoms with van der Waals surface area (Å²) in [4.78, 5) is 21.6. The van der Waals surface area contributed by atoms with Gasteiger partial charge >= 0.3 is 18.9 Å². The van der Waals surface area contributed by atoms with Gasteiger partial charge in [0.25, 0.3) is 0 Å². The van der Waals surface area contributed by atoms with Crippen LogP contribution in [0.25, 0.3) is 45.8 Å². The molecule has 1 fully saturated rings. The zero-order chi connectivity index (χ0) is 43.4. The van der Waals surface area contributed by atoms with E-state index in [1.165, 1.54) is 35.3 Å². The summed E-state index contributed by atoms with van der Waals surface area (Å²) in [7, 11) is 3.38. The van der Waals surface area contributed by atoms with Crippen molar-refractivity contribution in [2.24, 2.45) is 0 Å². The summed E-state index contributed by atoms with van der Waals surface area (Å²) in [6, 6.07) is 31.3. The smallest absolute Gasteiger partial charge is 0.416 e. The summed E-state index contributed by atoms with van der Waals surface area (Å²) in [6.07, 6.45) is 6.39. The summed E-state index contributed by atoms with van der Waals surface area (Å²) in [5.41, 5.74) is 6.93. The standard InChI is InChI=1S/C19H18N2O2.C18H17BrN2O.C4H8O.C4H9.C3H7NO.CH4.Li/c1-19(2,3)16-10-8-15(9-11-16)18-21-20-17(23-18)14-6-4-13(12-22)5-7-14;1-18(2,3)14-8-4-12(5-9-14)16-20-21-17(22-16)13-6-10-15(19)11-7-13;1-2-4-5-3-1;1-3-4-2;1-4(2)3-5;;/h4-12H,1-3H3;4-11H,1-3H3;1-4H2;1,3-4H2,2H3;3H,1-2H3;1H4;/q;;;-1;;;+1. The van der Waals surface area contributed by atoms with Gasteiger partial charge in [-0.1, -0.05) is 115 Å². The number of aromatic nitrogens is 4. The van der Waals surface area contributed by atoms with Crippen molar-refractivity contribution in [2.45, 2.75) is 92.4 Å². The quantitative estimate of drug-likeness (QED) is 0.0876. The predicted octanol–water partition coefficient (Wildman–Crippen LogP) is 9.74. The number of nitrogens with zero attached hydrogens (tertiary/aromatic N) is 5. The molecule has 0 radical (unpaired) electrons. The van der Waals surface area contributed by atoms with Gasteiger partial charge in [0.2, 0.25) is 30.0 Å². The second kappa shape index (κ2) is 27.3. The third-order valence-corrected chi connectivity index (χ3v) is 9.15. The van der Waals surface area contributed by atoms with Crippen LogP contribution < -0.4 is 18.9 Å². The van der Waals surface area contributed by atoms with Crippen molar-refractivity contribution in [3.8, 4) is 45.8 Å². The van der Waals surface area contributed by atoms with E-state index in [0.717, 1.165) is 59.1 Å². The van der Waals surface area contributed by atoms with Gasteiger partial charge in [0, 0.05) is 59.6 Å². The molecule has 1 amide bonds. The van der Waals surface area contributed by atoms with Gasteiger partial charge in [0.05, 0.1) is 0 Å². The van der Waals surface area contributed by atoms with E-state index in [2.05, 4.69) is 116 Å². The SMILES string of the molecule is C.C1CCOC1.CC(C)(C)c1ccc(-c2nnc(-c3ccc(Br)cc3)o2)cc1.CC(C)(C)c1ccc(-c2nnc(-c3ccc(C=O)cc3)o2)cc1.CN(C)C=O.[CH2-]CCC.[Li+]. The van der Waals surface area contributed by atoms with Gasteiger partial charge < -0.3 is 25.4 Å². The van der Waals surface area contributed by atoms with Crippen LogP contribution in [0.3, 0.4) is 0 Å². The Morgan fingerprint density at radius 3 is 1.15 bits per heavy atom. The minimum Gasteiger partial charge on any atom is -0.416 e. The second-order valence-corrected chi connectivity index (χ2v) is 16.9. The number of benzene rings is 4. The van der Waals surface area contributed by atoms with Crippen molar-refractivity contribution in [1.29, 1.82) is 0 Å². The fourth-order valence-corrected chi connectivity index (χ4v) is 5.21. The first kappa shape index (κ1) is 54.4. The number of hydrogen-bond acceptors (Lipinski definition) is 9. The molecule has 0 spiro atoms. The fraction of sp³-hybridized carbons (Fsp3) is 0.367. The molecule has 12 heteroatoms. The molecule has 0 bridgehead atoms. The van der Waals surface area contributed by atoms with E-state index in [9.17, 15) is 9.59 Å². The van der Waals surface area contributed by atoms with Crippen molar-refractivity contribution >= 4 is 28.6 Å². The maximum absolute atomic E-state index is 10.7. The molecule has 4 aromatic carbocycles. The molecule has 0 N–H and O–H groups in total. The number of ether oxygens (including phenoxy) is 1. The zero-order valence-corrected chi connectivity index (χ0v) is 38.6. The van der Waals surface area contributed by atoms with Crippen LogP contribution in [0.2, 0.25) is 0 Å². The molecule has 1 aliphatic heterocycles. The van der Waals surface area contributed by atoms with E-state index in [0.29, 0.717) is 29.1 Å². The molecule has 0 atom stereocenters. The number of carbonyl (C=O) groups is 2. The molecule has 61 heavy (non-hydrogen) atoms. The van der Waals surface area contributed by atoms with Gasteiger partial charge in [0.15, 0.2) is 0 Å². The van der Waals surface area contributed by atoms with Crippen molar-refractivity contribution in [1.82, 2.24) is 25.3 Å². The van der Waals surface area contributed by atoms with Gasteiger partial charge in [-0.2, -0.15) is 6.42 Å². The number of aldehydes is 1. The third kappa shape index (κ3) is 18.9. The molecule has 322 valence electrons. The first-order valence-electron chi connectivity index (χ1n) is 19.8. The molecular formula is C49H63BrLiN5O5. The predicted molar refractivity (Wildman–Crippen MR) is 248 cm³/mol. The van der Waals surface area contributed by atoms with Gasteiger partial charge in [-0.25, -0.2) is 0 Å². The molecule has 3 heterocycles. The second-order valence-electron chi connectivity index (χ2n) is 16.0. The van der Waals surface area contributed by atoms with Crippen LogP contribution in [0, 0.1) is 6.92 Å². The van der Waals surface area contributed by atoms with E-state index in [1.807, 2.05) is 48.5 Å². The zero-order valence-electron chi connectivity index (χ0n) is 37.0. The third-order valence-electron chi connectivity index (χ3n) is 8.62. The Kier molecular flexibility index (Phi) is 24.3. The number of amides is 1. The monoisotopic (exact) mass is 887 g/mol. The van der Waals surface area contributed by atoms with Crippen LogP contribution in [-0.2, 0) is 20.4 Å². The summed E-state index contributed by atoms with van der Waals surface area (Å²) in [5, 5.41) is 16.5. The molecule has 6 aromatic rings. The largest absolute Gasteiger partial charge is 1.00 e. The average Bonchev–Trinajstić information content (AvgIpc) is 4.07. The first-order valence-corrected chi connectivity index (χ1v) is 20.6. The normalized spacial score (nSPS) is 11.5. The molecule has 7 rings (SSSR count). The Labute approximate surface area is 384 Å². The van der Waals surface area contributed by atoms with Crippen molar-refractivity contribution in [3.63, 3.8) is 0 Å². The molecule has 0 unspecified atom stereocenters. The van der Waals surface area contributed by atoms with Crippen LogP contribution in [-0.4, -0.2) is 65.3 Å². The fourth-order valence-electron chi connectivity index (χ4n) is 4.95. The van der Waals surface area contributed by atoms with E-state index < -0.39 is 0 Å². The summed E-state index contributed by atoms with van der Waals surface area (Å²) in [6.45, 7) is 20.8. The molecule has 0 saturated carbocycles. The van der Waals surface area contributed by atoms with Gasteiger partial charge in [-0.3, -0.25) is 9.59 Å². The van der Waals surface area contributed by atoms with E-state index in [4.69, 9.17) is 13.6 Å². The Hall–Kier alpha value is -4.66. The van der Waals surface area contributed by atoms with Crippen LogP contribution in [0.5, 0.6) is 0 Å². The van der Waals surface area contributed by atoms with Gasteiger partial charge in [-0.15, -0.1) is 20.4 Å². The van der Waals surface area contributed by atoms with Crippen LogP contribution in [0.15, 0.2) is 110 Å². The summed E-state index contributed by atoms with van der Waals surface area (Å²) in [5.74, 6) is 2.00. The number of rotatable bonds is 7. The molecule has 1 saturated heterocycles. The maximum Gasteiger partial charge on any atom is 1.00 e. The van der Waals surface area contributed by atoms with Crippen molar-refractivity contribution < 1.29 is 42.0 Å². The van der Waals surface area contributed by atoms with Crippen molar-refractivity contribution in [2.75, 3.05) is 27.3 Å². The van der Waals surface area contributed by atoms with Crippen molar-refractivity contribution in [3.05, 3.63) is 125 Å². The summed E-state index contributed by atoms with van der Waals surface area (Å²) < 4.78 is 17.5. The van der Waals surface area contributed by atoms with Crippen LogP contribution in [0.4, 0.5) is 0 Å². The van der Waals surface area contributed by atoms with E-state index >= 15 is 0 Å². The van der Waals surface area contributed by atoms with Gasteiger partial charge in [0.1, 0.15) is 6.29 Å². The van der Waals surface area contributed by atoms with E-state index in [1.54, 1.807) is 38.4 Å². The molecular weight excluding hydrogens is 825 g/mol. The molecule has 10 nitrogen and oxygen atoms in total. The molecule has 0 aliphatic carbocycles. The van der Waals surface area contributed by atoms with Gasteiger partial charge in [-0.05, 0) is 95.5 Å². The Bertz CT molecular complexity index is 2090. The minimum absolute atomic E-state index is 0. The number of unbranched alkanes of at least 4 members (excludes halogenated alkanes) is 1. The Morgan fingerprint density at radius 1 is 0.623 bits per heavy atom.